The predicted octanol–water partition coefficient (Wildman–Crippen LogP) is 3.34. The van der Waals surface area contributed by atoms with Crippen molar-refractivity contribution in [3.63, 3.8) is 0 Å². The van der Waals surface area contributed by atoms with Gasteiger partial charge in [0.25, 0.3) is 5.91 Å². The maximum Gasteiger partial charge on any atom is 0.260 e. The lowest BCUT2D eigenvalue weighted by Crippen LogP contribution is -2.38. The zero-order valence-electron chi connectivity index (χ0n) is 15.5. The standard InChI is InChI=1S/C21H25BrN2O3/c1-2-16-8-9-19(18(22)14-16)27-15-21(26)24(13-11-20(23)25)12-10-17-6-4-3-5-7-17/h3-9,14H,2,10-13,15H2,1H3,(H2,23,25). The Labute approximate surface area is 168 Å². The van der Waals surface area contributed by atoms with Crippen LogP contribution in [0.15, 0.2) is 53.0 Å². The summed E-state index contributed by atoms with van der Waals surface area (Å²) in [6.07, 6.45) is 1.77. The van der Waals surface area contributed by atoms with Gasteiger partial charge in [0, 0.05) is 19.5 Å². The van der Waals surface area contributed by atoms with Gasteiger partial charge in [0.05, 0.1) is 4.47 Å². The molecule has 0 heterocycles. The van der Waals surface area contributed by atoms with Crippen molar-refractivity contribution < 1.29 is 14.3 Å². The Balaban J connectivity index is 1.96. The zero-order chi connectivity index (χ0) is 19.6. The first kappa shape index (κ1) is 21.0. The fraction of sp³-hybridized carbons (Fsp3) is 0.333. The number of amides is 2. The molecule has 144 valence electrons. The summed E-state index contributed by atoms with van der Waals surface area (Å²) < 4.78 is 6.51. The van der Waals surface area contributed by atoms with Crippen molar-refractivity contribution in [3.8, 4) is 5.75 Å². The molecule has 0 saturated heterocycles. The highest BCUT2D eigenvalue weighted by Gasteiger charge is 2.16. The molecule has 0 radical (unpaired) electrons. The van der Waals surface area contributed by atoms with Gasteiger partial charge in [-0.05, 0) is 52.0 Å². The lowest BCUT2D eigenvalue weighted by atomic mass is 10.1. The lowest BCUT2D eigenvalue weighted by molar-refractivity contribution is -0.133. The molecule has 0 spiro atoms. The van der Waals surface area contributed by atoms with Crippen molar-refractivity contribution in [2.75, 3.05) is 19.7 Å². The number of carbonyl (C=O) groups is 2. The largest absolute Gasteiger partial charge is 0.483 e. The van der Waals surface area contributed by atoms with Crippen LogP contribution in [0.2, 0.25) is 0 Å². The molecule has 5 nitrogen and oxygen atoms in total. The van der Waals surface area contributed by atoms with E-state index in [9.17, 15) is 9.59 Å². The molecule has 0 aliphatic carbocycles. The second-order valence-electron chi connectivity index (χ2n) is 6.24. The van der Waals surface area contributed by atoms with Gasteiger partial charge in [-0.15, -0.1) is 0 Å². The number of rotatable bonds is 10. The summed E-state index contributed by atoms with van der Waals surface area (Å²) >= 11 is 3.48. The molecular formula is C21H25BrN2O3. The smallest absolute Gasteiger partial charge is 0.260 e. The van der Waals surface area contributed by atoms with Crippen LogP contribution in [0, 0.1) is 0 Å². The average Bonchev–Trinajstić information content (AvgIpc) is 2.67. The van der Waals surface area contributed by atoms with Gasteiger partial charge >= 0.3 is 0 Å². The number of ether oxygens (including phenoxy) is 1. The van der Waals surface area contributed by atoms with E-state index in [1.807, 2.05) is 48.5 Å². The summed E-state index contributed by atoms with van der Waals surface area (Å²) in [5.41, 5.74) is 7.57. The molecule has 2 aromatic carbocycles. The third kappa shape index (κ3) is 7.06. The maximum atomic E-state index is 12.6. The highest BCUT2D eigenvalue weighted by Crippen LogP contribution is 2.26. The predicted molar refractivity (Wildman–Crippen MR) is 110 cm³/mol. The van der Waals surface area contributed by atoms with Gasteiger partial charge in [-0.2, -0.15) is 0 Å². The van der Waals surface area contributed by atoms with E-state index in [4.69, 9.17) is 10.5 Å². The van der Waals surface area contributed by atoms with Crippen molar-refractivity contribution in [2.45, 2.75) is 26.2 Å². The van der Waals surface area contributed by atoms with Gasteiger partial charge < -0.3 is 15.4 Å². The normalized spacial score (nSPS) is 10.4. The molecule has 27 heavy (non-hydrogen) atoms. The van der Waals surface area contributed by atoms with Gasteiger partial charge in [-0.3, -0.25) is 9.59 Å². The first-order chi connectivity index (χ1) is 13.0. The maximum absolute atomic E-state index is 12.6. The van der Waals surface area contributed by atoms with E-state index in [2.05, 4.69) is 22.9 Å². The summed E-state index contributed by atoms with van der Waals surface area (Å²) in [6, 6.07) is 15.7. The number of aryl methyl sites for hydroxylation is 1. The van der Waals surface area contributed by atoms with Crippen LogP contribution >= 0.6 is 15.9 Å². The number of primary amides is 1. The summed E-state index contributed by atoms with van der Waals surface area (Å²) in [5, 5.41) is 0. The quantitative estimate of drug-likeness (QED) is 0.625. The molecule has 2 N–H and O–H groups in total. The zero-order valence-corrected chi connectivity index (χ0v) is 17.1. The Kier molecular flexibility index (Phi) is 8.33. The second-order valence-corrected chi connectivity index (χ2v) is 7.09. The molecule has 2 rings (SSSR count). The molecule has 0 fully saturated rings. The fourth-order valence-corrected chi connectivity index (χ4v) is 3.17. The number of hydrogen-bond donors (Lipinski definition) is 1. The molecule has 0 aliphatic heterocycles. The van der Waals surface area contributed by atoms with Gasteiger partial charge in [-0.1, -0.05) is 43.3 Å². The van der Waals surface area contributed by atoms with Crippen molar-refractivity contribution in [1.29, 1.82) is 0 Å². The van der Waals surface area contributed by atoms with Crippen molar-refractivity contribution >= 4 is 27.7 Å². The topological polar surface area (TPSA) is 72.6 Å². The molecule has 0 saturated carbocycles. The Bertz CT molecular complexity index is 765. The minimum Gasteiger partial charge on any atom is -0.483 e. The van der Waals surface area contributed by atoms with Crippen LogP contribution in [0.3, 0.4) is 0 Å². The van der Waals surface area contributed by atoms with E-state index in [0.717, 1.165) is 16.5 Å². The Hall–Kier alpha value is -2.34. The first-order valence-electron chi connectivity index (χ1n) is 9.00. The summed E-state index contributed by atoms with van der Waals surface area (Å²) in [6.45, 7) is 2.79. The monoisotopic (exact) mass is 432 g/mol. The van der Waals surface area contributed by atoms with Gasteiger partial charge in [0.1, 0.15) is 5.75 Å². The highest BCUT2D eigenvalue weighted by atomic mass is 79.9. The molecule has 0 aromatic heterocycles. The van der Waals surface area contributed by atoms with Crippen LogP contribution < -0.4 is 10.5 Å². The number of benzene rings is 2. The molecular weight excluding hydrogens is 408 g/mol. The molecule has 0 atom stereocenters. The lowest BCUT2D eigenvalue weighted by Gasteiger charge is -2.22. The van der Waals surface area contributed by atoms with E-state index in [1.54, 1.807) is 4.90 Å². The molecule has 0 bridgehead atoms. The number of halogens is 1. The summed E-state index contributed by atoms with van der Waals surface area (Å²) in [7, 11) is 0. The van der Waals surface area contributed by atoms with E-state index in [0.29, 0.717) is 25.3 Å². The second kappa shape index (κ2) is 10.7. The number of carbonyl (C=O) groups excluding carboxylic acids is 2. The van der Waals surface area contributed by atoms with Gasteiger partial charge in [-0.25, -0.2) is 0 Å². The van der Waals surface area contributed by atoms with Crippen molar-refractivity contribution in [2.24, 2.45) is 5.73 Å². The van der Waals surface area contributed by atoms with Crippen LogP contribution in [-0.4, -0.2) is 36.4 Å². The minimum atomic E-state index is -0.425. The molecule has 2 amide bonds. The van der Waals surface area contributed by atoms with Crippen LogP contribution in [-0.2, 0) is 22.4 Å². The van der Waals surface area contributed by atoms with Gasteiger partial charge in [0.2, 0.25) is 5.91 Å². The minimum absolute atomic E-state index is 0.0857. The Morgan fingerprint density at radius 1 is 1.07 bits per heavy atom. The van der Waals surface area contributed by atoms with Crippen LogP contribution in [0.4, 0.5) is 0 Å². The molecule has 0 unspecified atom stereocenters. The summed E-state index contributed by atoms with van der Waals surface area (Å²) in [5.74, 6) is 0.0310. The van der Waals surface area contributed by atoms with E-state index in [-0.39, 0.29) is 18.9 Å². The van der Waals surface area contributed by atoms with Crippen LogP contribution in [0.1, 0.15) is 24.5 Å². The molecule has 6 heteroatoms. The third-order valence-corrected chi connectivity index (χ3v) is 4.87. The number of nitrogens with zero attached hydrogens (tertiary/aromatic N) is 1. The molecule has 2 aromatic rings. The van der Waals surface area contributed by atoms with Crippen LogP contribution in [0.25, 0.3) is 0 Å². The summed E-state index contributed by atoms with van der Waals surface area (Å²) in [4.78, 5) is 25.4. The number of nitrogens with two attached hydrogens (primary N) is 1. The average molecular weight is 433 g/mol. The van der Waals surface area contributed by atoms with Crippen molar-refractivity contribution in [1.82, 2.24) is 4.90 Å². The third-order valence-electron chi connectivity index (χ3n) is 4.25. The van der Waals surface area contributed by atoms with Gasteiger partial charge in [0.15, 0.2) is 6.61 Å². The Morgan fingerprint density at radius 2 is 1.81 bits per heavy atom. The van der Waals surface area contributed by atoms with E-state index < -0.39 is 5.91 Å². The molecule has 0 aliphatic rings. The van der Waals surface area contributed by atoms with E-state index >= 15 is 0 Å². The Morgan fingerprint density at radius 3 is 2.44 bits per heavy atom. The van der Waals surface area contributed by atoms with Crippen LogP contribution in [0.5, 0.6) is 5.75 Å². The van der Waals surface area contributed by atoms with Crippen molar-refractivity contribution in [3.05, 3.63) is 64.1 Å². The number of hydrogen-bond acceptors (Lipinski definition) is 3. The fourth-order valence-electron chi connectivity index (χ4n) is 2.63. The SMILES string of the molecule is CCc1ccc(OCC(=O)N(CCC(N)=O)CCc2ccccc2)c(Br)c1. The first-order valence-corrected chi connectivity index (χ1v) is 9.80. The van der Waals surface area contributed by atoms with E-state index in [1.165, 1.54) is 5.56 Å². The highest BCUT2D eigenvalue weighted by molar-refractivity contribution is 9.10.